The van der Waals surface area contributed by atoms with Crippen molar-refractivity contribution in [2.24, 2.45) is 0 Å². The molecule has 1 amide bonds. The van der Waals surface area contributed by atoms with E-state index in [0.29, 0.717) is 6.04 Å². The van der Waals surface area contributed by atoms with Gasteiger partial charge in [-0.3, -0.25) is 9.80 Å². The average Bonchev–Trinajstić information content (AvgIpc) is 2.54. The van der Waals surface area contributed by atoms with E-state index in [9.17, 15) is 4.79 Å². The molecule has 1 aliphatic heterocycles. The highest BCUT2D eigenvalue weighted by atomic mass is 16.6. The summed E-state index contributed by atoms with van der Waals surface area (Å²) in [4.78, 5) is 21.8. The van der Waals surface area contributed by atoms with Gasteiger partial charge >= 0.3 is 6.09 Å². The number of piperidine rings is 1. The topological polar surface area (TPSA) is 45.7 Å². The Balaban J connectivity index is 2.40. The van der Waals surface area contributed by atoms with Crippen molar-refractivity contribution in [1.82, 2.24) is 9.88 Å². The maximum absolute atomic E-state index is 12.9. The number of carbonyl (C=O) groups excluding carboxylic acids is 1. The Morgan fingerprint density at radius 2 is 2.12 bits per heavy atom. The summed E-state index contributed by atoms with van der Waals surface area (Å²) < 4.78 is 5.67. The molecular weight excluding hydrogens is 326 g/mol. The van der Waals surface area contributed by atoms with E-state index in [1.165, 1.54) is 12.8 Å². The van der Waals surface area contributed by atoms with Crippen molar-refractivity contribution in [3.63, 3.8) is 0 Å². The number of aromatic nitrogens is 1. The predicted molar refractivity (Wildman–Crippen MR) is 107 cm³/mol. The van der Waals surface area contributed by atoms with Crippen LogP contribution in [-0.2, 0) is 4.74 Å². The number of nitrogens with zero attached hydrogens (tertiary/aromatic N) is 3. The molecule has 1 fully saturated rings. The molecule has 0 unspecified atom stereocenters. The molecule has 26 heavy (non-hydrogen) atoms. The fraction of sp³-hybridized carbons (Fsp3) is 0.714. The number of pyridine rings is 1. The standard InChI is InChI=1S/C21H35N3O2/c1-7-14-23-15-9-8-12-18(23)17-11-10-13-22-19(17)24(16(2)3)20(25)26-21(4,5)6/h10-11,13,16,18H,7-9,12,14-15H2,1-6H3/t18-/m1/s1. The third-order valence-corrected chi connectivity index (χ3v) is 4.64. The lowest BCUT2D eigenvalue weighted by Gasteiger charge is -2.38. The molecule has 0 radical (unpaired) electrons. The SMILES string of the molecule is CCCN1CCCC[C@@H]1c1cccnc1N(C(=O)OC(C)(C)C)C(C)C. The molecule has 1 aromatic rings. The van der Waals surface area contributed by atoms with Crippen molar-refractivity contribution in [3.05, 3.63) is 23.9 Å². The minimum absolute atomic E-state index is 0.0262. The highest BCUT2D eigenvalue weighted by Crippen LogP contribution is 2.36. The summed E-state index contributed by atoms with van der Waals surface area (Å²) in [6.07, 6.45) is 6.14. The van der Waals surface area contributed by atoms with Crippen LogP contribution in [0.4, 0.5) is 10.6 Å². The molecular formula is C21H35N3O2. The van der Waals surface area contributed by atoms with Crippen LogP contribution in [0.5, 0.6) is 0 Å². The molecule has 2 rings (SSSR count). The van der Waals surface area contributed by atoms with E-state index in [1.54, 1.807) is 11.1 Å². The molecule has 0 bridgehead atoms. The van der Waals surface area contributed by atoms with Gasteiger partial charge in [0.25, 0.3) is 0 Å². The van der Waals surface area contributed by atoms with Crippen LogP contribution in [-0.4, -0.2) is 40.7 Å². The maximum atomic E-state index is 12.9. The van der Waals surface area contributed by atoms with Gasteiger partial charge in [0.1, 0.15) is 11.4 Å². The molecule has 0 aromatic carbocycles. The highest BCUT2D eigenvalue weighted by Gasteiger charge is 2.32. The Labute approximate surface area is 158 Å². The van der Waals surface area contributed by atoms with Crippen LogP contribution in [0.3, 0.4) is 0 Å². The lowest BCUT2D eigenvalue weighted by molar-refractivity contribution is 0.0568. The Hall–Kier alpha value is -1.62. The molecule has 0 N–H and O–H groups in total. The van der Waals surface area contributed by atoms with Gasteiger partial charge in [-0.05, 0) is 73.0 Å². The summed E-state index contributed by atoms with van der Waals surface area (Å²) in [5, 5.41) is 0. The fourth-order valence-electron chi connectivity index (χ4n) is 3.62. The van der Waals surface area contributed by atoms with Gasteiger partial charge in [-0.15, -0.1) is 0 Å². The first kappa shape index (κ1) is 20.7. The molecule has 1 atom stereocenters. The van der Waals surface area contributed by atoms with Gasteiger partial charge in [0, 0.05) is 23.8 Å². The molecule has 5 heteroatoms. The van der Waals surface area contributed by atoms with Crippen molar-refractivity contribution in [2.75, 3.05) is 18.0 Å². The largest absolute Gasteiger partial charge is 0.443 e. The van der Waals surface area contributed by atoms with Crippen LogP contribution in [0, 0.1) is 0 Å². The quantitative estimate of drug-likeness (QED) is 0.726. The second-order valence-corrected chi connectivity index (χ2v) is 8.41. The molecule has 2 heterocycles. The van der Waals surface area contributed by atoms with E-state index in [2.05, 4.69) is 22.9 Å². The first-order valence-electron chi connectivity index (χ1n) is 9.95. The van der Waals surface area contributed by atoms with Crippen molar-refractivity contribution in [2.45, 2.75) is 84.9 Å². The maximum Gasteiger partial charge on any atom is 0.416 e. The average molecular weight is 362 g/mol. The smallest absolute Gasteiger partial charge is 0.416 e. The Morgan fingerprint density at radius 1 is 1.38 bits per heavy atom. The number of hydrogen-bond acceptors (Lipinski definition) is 4. The fourth-order valence-corrected chi connectivity index (χ4v) is 3.62. The molecule has 1 aliphatic rings. The first-order valence-corrected chi connectivity index (χ1v) is 9.95. The third kappa shape index (κ3) is 5.19. The minimum Gasteiger partial charge on any atom is -0.443 e. The van der Waals surface area contributed by atoms with Crippen molar-refractivity contribution >= 4 is 11.9 Å². The molecule has 1 saturated heterocycles. The van der Waals surface area contributed by atoms with Gasteiger partial charge < -0.3 is 4.74 Å². The lowest BCUT2D eigenvalue weighted by atomic mass is 9.95. The summed E-state index contributed by atoms with van der Waals surface area (Å²) >= 11 is 0. The number of hydrogen-bond donors (Lipinski definition) is 0. The monoisotopic (exact) mass is 361 g/mol. The zero-order chi connectivity index (χ0) is 19.3. The van der Waals surface area contributed by atoms with Gasteiger partial charge in [0.2, 0.25) is 0 Å². The van der Waals surface area contributed by atoms with E-state index in [0.717, 1.165) is 37.3 Å². The molecule has 0 saturated carbocycles. The summed E-state index contributed by atoms with van der Waals surface area (Å²) in [7, 11) is 0. The molecule has 5 nitrogen and oxygen atoms in total. The van der Waals surface area contributed by atoms with Gasteiger partial charge in [-0.25, -0.2) is 9.78 Å². The summed E-state index contributed by atoms with van der Waals surface area (Å²) in [6.45, 7) is 14.1. The van der Waals surface area contributed by atoms with Gasteiger partial charge in [0.15, 0.2) is 0 Å². The van der Waals surface area contributed by atoms with Crippen molar-refractivity contribution in [3.8, 4) is 0 Å². The van der Waals surface area contributed by atoms with Gasteiger partial charge in [0.05, 0.1) is 0 Å². The van der Waals surface area contributed by atoms with Crippen LogP contribution < -0.4 is 4.90 Å². The predicted octanol–water partition coefficient (Wildman–Crippen LogP) is 5.17. The second-order valence-electron chi connectivity index (χ2n) is 8.41. The number of likely N-dealkylation sites (tertiary alicyclic amines) is 1. The second kappa shape index (κ2) is 8.85. The first-order chi connectivity index (χ1) is 12.2. The Bertz CT molecular complexity index is 593. The minimum atomic E-state index is -0.530. The van der Waals surface area contributed by atoms with E-state index in [4.69, 9.17) is 4.74 Å². The zero-order valence-corrected chi connectivity index (χ0v) is 17.3. The van der Waals surface area contributed by atoms with Gasteiger partial charge in [-0.2, -0.15) is 0 Å². The van der Waals surface area contributed by atoms with Crippen molar-refractivity contribution in [1.29, 1.82) is 0 Å². The number of ether oxygens (including phenoxy) is 1. The van der Waals surface area contributed by atoms with Gasteiger partial charge in [-0.1, -0.05) is 19.4 Å². The Kier molecular flexibility index (Phi) is 7.04. The van der Waals surface area contributed by atoms with E-state index in [1.807, 2.05) is 40.7 Å². The molecule has 0 spiro atoms. The van der Waals surface area contributed by atoms with Crippen LogP contribution in [0.25, 0.3) is 0 Å². The van der Waals surface area contributed by atoms with Crippen LogP contribution >= 0.6 is 0 Å². The number of amides is 1. The number of anilines is 1. The number of rotatable bonds is 5. The summed E-state index contributed by atoms with van der Waals surface area (Å²) in [5.74, 6) is 0.741. The zero-order valence-electron chi connectivity index (χ0n) is 17.3. The van der Waals surface area contributed by atoms with E-state index >= 15 is 0 Å². The molecule has 0 aliphatic carbocycles. The van der Waals surface area contributed by atoms with E-state index in [-0.39, 0.29) is 12.1 Å². The van der Waals surface area contributed by atoms with Crippen LogP contribution in [0.2, 0.25) is 0 Å². The molecule has 146 valence electrons. The van der Waals surface area contributed by atoms with E-state index < -0.39 is 5.60 Å². The normalized spacial score (nSPS) is 18.8. The highest BCUT2D eigenvalue weighted by molar-refractivity contribution is 5.88. The van der Waals surface area contributed by atoms with Crippen LogP contribution in [0.15, 0.2) is 18.3 Å². The van der Waals surface area contributed by atoms with Crippen molar-refractivity contribution < 1.29 is 9.53 Å². The Morgan fingerprint density at radius 3 is 2.73 bits per heavy atom. The molecule has 1 aromatic heterocycles. The van der Waals surface area contributed by atoms with Crippen LogP contribution in [0.1, 0.15) is 78.8 Å². The summed E-state index contributed by atoms with van der Waals surface area (Å²) in [6, 6.07) is 4.39. The lowest BCUT2D eigenvalue weighted by Crippen LogP contribution is -2.43. The summed E-state index contributed by atoms with van der Waals surface area (Å²) in [5.41, 5.74) is 0.610. The third-order valence-electron chi connectivity index (χ3n) is 4.64. The number of carbonyl (C=O) groups is 1.